The number of hydrogen-bond donors (Lipinski definition) is 0. The molecule has 0 radical (unpaired) electrons. The van der Waals surface area contributed by atoms with Crippen LogP contribution >= 0.6 is 0 Å². The van der Waals surface area contributed by atoms with Crippen molar-refractivity contribution < 1.29 is 0 Å². The Bertz CT molecular complexity index is 2630. The van der Waals surface area contributed by atoms with Crippen LogP contribution in [0.5, 0.6) is 0 Å². The van der Waals surface area contributed by atoms with Crippen LogP contribution in [-0.4, -0.2) is 0 Å². The third kappa shape index (κ3) is 5.30. The fourth-order valence-electron chi connectivity index (χ4n) is 9.58. The Labute approximate surface area is 326 Å². The fourth-order valence-corrected chi connectivity index (χ4v) is 9.58. The van der Waals surface area contributed by atoms with Crippen molar-refractivity contribution in [2.45, 2.75) is 58.3 Å². The molecule has 7 aromatic carbocycles. The van der Waals surface area contributed by atoms with Gasteiger partial charge in [0.05, 0.1) is 11.4 Å². The van der Waals surface area contributed by atoms with E-state index < -0.39 is 0 Å². The van der Waals surface area contributed by atoms with Gasteiger partial charge in [-0.1, -0.05) is 143 Å². The SMILES string of the molecule is Cc1ccc2c(c1)N(c1ccc3c(c1)C(C)(C)c1cc(C=Cc4ccc(N5c6ccccc6CCc6ccccc65)cc4)ccc1-3)c1ccccc1C2(C)C. The third-order valence-electron chi connectivity index (χ3n) is 12.6. The van der Waals surface area contributed by atoms with Gasteiger partial charge in [-0.25, -0.2) is 0 Å². The van der Waals surface area contributed by atoms with Crippen molar-refractivity contribution in [3.8, 4) is 11.1 Å². The average Bonchev–Trinajstić information content (AvgIpc) is 3.30. The summed E-state index contributed by atoms with van der Waals surface area (Å²) >= 11 is 0. The summed E-state index contributed by atoms with van der Waals surface area (Å²) in [6.07, 6.45) is 6.61. The van der Waals surface area contributed by atoms with Gasteiger partial charge < -0.3 is 9.80 Å². The Morgan fingerprint density at radius 3 is 1.64 bits per heavy atom. The first-order valence-corrected chi connectivity index (χ1v) is 19.7. The van der Waals surface area contributed by atoms with Gasteiger partial charge in [0.1, 0.15) is 0 Å². The molecule has 0 aromatic heterocycles. The summed E-state index contributed by atoms with van der Waals surface area (Å²) in [5.74, 6) is 0. The van der Waals surface area contributed by atoms with E-state index in [-0.39, 0.29) is 10.8 Å². The van der Waals surface area contributed by atoms with Crippen molar-refractivity contribution in [3.63, 3.8) is 0 Å². The molecule has 0 spiro atoms. The zero-order valence-electron chi connectivity index (χ0n) is 32.4. The maximum absolute atomic E-state index is 2.49. The van der Waals surface area contributed by atoms with Crippen LogP contribution < -0.4 is 9.80 Å². The standard InChI is InChI=1S/C53H46N2/c1-35-18-31-45-51(32-35)55(50-17-11-8-14-44(50)52(45,2)3)41-28-30-43-42-29-23-37(33-46(42)53(4,5)47(43)34-41)20-19-36-21-26-40(27-22-36)54-48-15-9-6-12-38(48)24-25-39-13-7-10-16-49(39)54/h6-23,26-34H,24-25H2,1-5H3. The zero-order valence-corrected chi connectivity index (χ0v) is 32.4. The largest absolute Gasteiger partial charge is 0.310 e. The summed E-state index contributed by atoms with van der Waals surface area (Å²) in [6, 6.07) is 56.7. The monoisotopic (exact) mass is 710 g/mol. The molecule has 55 heavy (non-hydrogen) atoms. The third-order valence-corrected chi connectivity index (χ3v) is 12.6. The molecule has 2 nitrogen and oxygen atoms in total. The summed E-state index contributed by atoms with van der Waals surface area (Å²) < 4.78 is 0. The van der Waals surface area contributed by atoms with E-state index in [1.165, 1.54) is 95.3 Å². The minimum Gasteiger partial charge on any atom is -0.310 e. The lowest BCUT2D eigenvalue weighted by atomic mass is 9.73. The molecule has 0 unspecified atom stereocenters. The van der Waals surface area contributed by atoms with Gasteiger partial charge in [0, 0.05) is 33.6 Å². The van der Waals surface area contributed by atoms with Gasteiger partial charge in [-0.05, 0) is 129 Å². The number of para-hydroxylation sites is 3. The molecule has 0 bridgehead atoms. The number of aryl methyl sites for hydroxylation is 3. The van der Waals surface area contributed by atoms with E-state index in [9.17, 15) is 0 Å². The normalized spacial score (nSPS) is 15.7. The molecule has 0 atom stereocenters. The van der Waals surface area contributed by atoms with Crippen LogP contribution in [0.4, 0.5) is 34.1 Å². The second kappa shape index (κ2) is 12.5. The van der Waals surface area contributed by atoms with Gasteiger partial charge in [0.25, 0.3) is 0 Å². The first kappa shape index (κ1) is 33.4. The molecule has 0 amide bonds. The number of rotatable bonds is 4. The van der Waals surface area contributed by atoms with Crippen LogP contribution in [0.25, 0.3) is 23.3 Å². The van der Waals surface area contributed by atoms with Crippen LogP contribution in [0.1, 0.15) is 77.8 Å². The molecule has 0 saturated carbocycles. The van der Waals surface area contributed by atoms with E-state index in [1.54, 1.807) is 0 Å². The molecule has 0 fully saturated rings. The molecule has 10 rings (SSSR count). The van der Waals surface area contributed by atoms with Crippen molar-refractivity contribution in [1.82, 2.24) is 0 Å². The first-order valence-electron chi connectivity index (χ1n) is 19.7. The lowest BCUT2D eigenvalue weighted by molar-refractivity contribution is 0.631. The van der Waals surface area contributed by atoms with E-state index >= 15 is 0 Å². The van der Waals surface area contributed by atoms with Crippen molar-refractivity contribution in [3.05, 3.63) is 202 Å². The number of benzene rings is 7. The first-order chi connectivity index (χ1) is 26.7. The second-order valence-electron chi connectivity index (χ2n) is 16.7. The minimum absolute atomic E-state index is 0.0838. The van der Waals surface area contributed by atoms with Crippen LogP contribution in [0.2, 0.25) is 0 Å². The number of nitrogens with zero attached hydrogens (tertiary/aromatic N) is 2. The smallest absolute Gasteiger partial charge is 0.0505 e. The Kier molecular flexibility index (Phi) is 7.58. The molecule has 0 N–H and O–H groups in total. The van der Waals surface area contributed by atoms with Crippen LogP contribution in [0, 0.1) is 6.92 Å². The van der Waals surface area contributed by atoms with Gasteiger partial charge in [0.15, 0.2) is 0 Å². The van der Waals surface area contributed by atoms with E-state index in [2.05, 4.69) is 208 Å². The lowest BCUT2D eigenvalue weighted by Crippen LogP contribution is -2.30. The van der Waals surface area contributed by atoms with E-state index in [1.807, 2.05) is 0 Å². The Morgan fingerprint density at radius 2 is 0.927 bits per heavy atom. The summed E-state index contributed by atoms with van der Waals surface area (Å²) in [4.78, 5) is 4.92. The molecule has 268 valence electrons. The Morgan fingerprint density at radius 1 is 0.418 bits per heavy atom. The maximum Gasteiger partial charge on any atom is 0.0505 e. The Balaban J connectivity index is 0.959. The van der Waals surface area contributed by atoms with Crippen LogP contribution in [0.3, 0.4) is 0 Å². The predicted octanol–water partition coefficient (Wildman–Crippen LogP) is 14.1. The number of hydrogen-bond acceptors (Lipinski definition) is 2. The molecular formula is C53H46N2. The Hall–Kier alpha value is -6.12. The number of anilines is 6. The summed E-state index contributed by atoms with van der Waals surface area (Å²) in [7, 11) is 0. The van der Waals surface area contributed by atoms with E-state index in [0.29, 0.717) is 0 Å². The molecule has 3 aliphatic rings. The van der Waals surface area contributed by atoms with Crippen molar-refractivity contribution in [2.75, 3.05) is 9.80 Å². The van der Waals surface area contributed by atoms with Gasteiger partial charge in [-0.15, -0.1) is 0 Å². The van der Waals surface area contributed by atoms with Crippen molar-refractivity contribution in [1.29, 1.82) is 0 Å². The second-order valence-corrected chi connectivity index (χ2v) is 16.7. The summed E-state index contributed by atoms with van der Waals surface area (Å²) in [5.41, 5.74) is 21.9. The molecule has 1 aliphatic carbocycles. The molecule has 2 heteroatoms. The predicted molar refractivity (Wildman–Crippen MR) is 233 cm³/mol. The topological polar surface area (TPSA) is 6.48 Å². The quantitative estimate of drug-likeness (QED) is 0.168. The highest BCUT2D eigenvalue weighted by molar-refractivity contribution is 5.90. The van der Waals surface area contributed by atoms with Crippen molar-refractivity contribution in [2.24, 2.45) is 0 Å². The minimum atomic E-state index is -0.143. The van der Waals surface area contributed by atoms with Gasteiger partial charge in [-0.3, -0.25) is 0 Å². The van der Waals surface area contributed by atoms with E-state index in [0.717, 1.165) is 12.8 Å². The highest BCUT2D eigenvalue weighted by Crippen LogP contribution is 2.55. The average molecular weight is 711 g/mol. The van der Waals surface area contributed by atoms with Crippen LogP contribution in [0.15, 0.2) is 152 Å². The highest BCUT2D eigenvalue weighted by Gasteiger charge is 2.39. The molecule has 0 saturated heterocycles. The molecule has 7 aromatic rings. The lowest BCUT2D eigenvalue weighted by Gasteiger charge is -2.42. The summed E-state index contributed by atoms with van der Waals surface area (Å²) in [6.45, 7) is 11.7. The van der Waals surface area contributed by atoms with Gasteiger partial charge >= 0.3 is 0 Å². The van der Waals surface area contributed by atoms with E-state index in [4.69, 9.17) is 0 Å². The highest BCUT2D eigenvalue weighted by atomic mass is 15.2. The zero-order chi connectivity index (χ0) is 37.5. The maximum atomic E-state index is 2.49. The van der Waals surface area contributed by atoms with Gasteiger partial charge in [-0.2, -0.15) is 0 Å². The molecule has 2 heterocycles. The van der Waals surface area contributed by atoms with Crippen molar-refractivity contribution >= 4 is 46.3 Å². The fraction of sp³-hybridized carbons (Fsp3) is 0.170. The molecular weight excluding hydrogens is 665 g/mol. The van der Waals surface area contributed by atoms with Gasteiger partial charge in [0.2, 0.25) is 0 Å². The number of fused-ring (bicyclic) bond motifs is 7. The van der Waals surface area contributed by atoms with Crippen LogP contribution in [-0.2, 0) is 23.7 Å². The summed E-state index contributed by atoms with van der Waals surface area (Å²) in [5, 5.41) is 0. The molecule has 2 aliphatic heterocycles.